The fraction of sp³-hybridized carbons (Fsp3) is 0.953. The van der Waals surface area contributed by atoms with Crippen molar-refractivity contribution in [3.63, 3.8) is 0 Å². The number of carbonyl (C=O) groups is 2. The molecular formula is C86H169NO5. The van der Waals surface area contributed by atoms with E-state index in [1.165, 1.54) is 430 Å². The predicted octanol–water partition coefficient (Wildman–Crippen LogP) is 28.6. The van der Waals surface area contributed by atoms with Gasteiger partial charge in [-0.2, -0.15) is 0 Å². The number of hydrogen-bond donors (Lipinski definition) is 3. The second-order valence-corrected chi connectivity index (χ2v) is 29.9. The van der Waals surface area contributed by atoms with Crippen molar-refractivity contribution < 1.29 is 24.5 Å². The average Bonchev–Trinajstić information content (AvgIpc) is 3.75. The molecule has 0 radical (unpaired) electrons. The van der Waals surface area contributed by atoms with E-state index in [-0.39, 0.29) is 18.5 Å². The van der Waals surface area contributed by atoms with Crippen LogP contribution in [0.15, 0.2) is 12.2 Å². The number of esters is 1. The van der Waals surface area contributed by atoms with Crippen molar-refractivity contribution >= 4 is 11.9 Å². The first-order valence-corrected chi connectivity index (χ1v) is 42.9. The molecular weight excluding hydrogens is 1130 g/mol. The molecule has 548 valence electrons. The summed E-state index contributed by atoms with van der Waals surface area (Å²) >= 11 is 0. The van der Waals surface area contributed by atoms with Crippen LogP contribution in [0.25, 0.3) is 0 Å². The molecule has 92 heavy (non-hydrogen) atoms. The van der Waals surface area contributed by atoms with E-state index in [2.05, 4.69) is 31.3 Å². The van der Waals surface area contributed by atoms with Crippen LogP contribution in [-0.2, 0) is 14.3 Å². The van der Waals surface area contributed by atoms with Gasteiger partial charge in [-0.05, 0) is 51.4 Å². The van der Waals surface area contributed by atoms with E-state index < -0.39 is 12.1 Å². The molecule has 0 saturated heterocycles. The van der Waals surface area contributed by atoms with Gasteiger partial charge in [0.25, 0.3) is 0 Å². The molecule has 0 rings (SSSR count). The van der Waals surface area contributed by atoms with Crippen LogP contribution in [-0.4, -0.2) is 47.4 Å². The standard InChI is InChI=1S/C86H169NO5/c1-3-5-7-9-11-13-15-17-19-21-43-47-50-54-58-62-66-70-74-78-84(89)83(82-88)87-85(90)79-75-71-67-63-59-55-51-48-44-41-39-37-35-33-31-29-27-25-23-22-24-26-28-30-32-34-36-38-40-42-45-49-53-57-61-65-69-73-77-81-92-86(91)80-76-72-68-64-60-56-52-46-20-18-16-14-12-10-8-6-4-2/h22-23,83-84,88-89H,3-21,24-82H2,1-2H3,(H,87,90)/b23-22-. The number of unbranched alkanes of at least 4 members (excludes halogenated alkanes) is 69. The van der Waals surface area contributed by atoms with E-state index in [4.69, 9.17) is 4.74 Å². The normalized spacial score (nSPS) is 12.4. The smallest absolute Gasteiger partial charge is 0.305 e. The third-order valence-corrected chi connectivity index (χ3v) is 20.6. The second-order valence-electron chi connectivity index (χ2n) is 29.9. The van der Waals surface area contributed by atoms with Gasteiger partial charge >= 0.3 is 5.97 Å². The molecule has 0 saturated carbocycles. The Bertz CT molecular complexity index is 1400. The summed E-state index contributed by atoms with van der Waals surface area (Å²) in [7, 11) is 0. The molecule has 0 aromatic carbocycles. The Morgan fingerprint density at radius 1 is 0.293 bits per heavy atom. The summed E-state index contributed by atoms with van der Waals surface area (Å²) in [5.74, 6) is 0.00278. The van der Waals surface area contributed by atoms with Crippen LogP contribution in [0.1, 0.15) is 502 Å². The molecule has 6 heteroatoms. The van der Waals surface area contributed by atoms with Crippen LogP contribution in [0.4, 0.5) is 0 Å². The van der Waals surface area contributed by atoms with Crippen LogP contribution in [0.5, 0.6) is 0 Å². The number of ether oxygens (including phenoxy) is 1. The molecule has 0 aromatic heterocycles. The maximum Gasteiger partial charge on any atom is 0.305 e. The third-order valence-electron chi connectivity index (χ3n) is 20.6. The monoisotopic (exact) mass is 1300 g/mol. The van der Waals surface area contributed by atoms with Gasteiger partial charge in [-0.1, -0.05) is 450 Å². The molecule has 6 nitrogen and oxygen atoms in total. The second kappa shape index (κ2) is 82.0. The fourth-order valence-corrected chi connectivity index (χ4v) is 14.1. The Morgan fingerprint density at radius 3 is 0.772 bits per heavy atom. The van der Waals surface area contributed by atoms with Crippen molar-refractivity contribution in [1.29, 1.82) is 0 Å². The molecule has 0 heterocycles. The zero-order chi connectivity index (χ0) is 66.3. The quantitative estimate of drug-likeness (QED) is 0.0320. The van der Waals surface area contributed by atoms with Gasteiger partial charge in [0.15, 0.2) is 0 Å². The minimum atomic E-state index is -0.661. The first-order valence-electron chi connectivity index (χ1n) is 42.9. The highest BCUT2D eigenvalue weighted by Crippen LogP contribution is 2.21. The number of rotatable bonds is 82. The number of allylic oxidation sites excluding steroid dienone is 2. The molecule has 0 aliphatic heterocycles. The van der Waals surface area contributed by atoms with Gasteiger partial charge in [0.2, 0.25) is 5.91 Å². The van der Waals surface area contributed by atoms with Gasteiger partial charge in [0.1, 0.15) is 0 Å². The summed E-state index contributed by atoms with van der Waals surface area (Å²) in [6, 6.07) is -0.538. The van der Waals surface area contributed by atoms with Gasteiger partial charge in [0, 0.05) is 12.8 Å². The Balaban J connectivity index is 3.31. The van der Waals surface area contributed by atoms with E-state index in [0.717, 1.165) is 38.5 Å². The van der Waals surface area contributed by atoms with Gasteiger partial charge in [-0.3, -0.25) is 9.59 Å². The third kappa shape index (κ3) is 77.6. The summed E-state index contributed by atoms with van der Waals surface area (Å²) < 4.78 is 5.52. The molecule has 2 atom stereocenters. The lowest BCUT2D eigenvalue weighted by molar-refractivity contribution is -0.143. The largest absolute Gasteiger partial charge is 0.466 e. The lowest BCUT2D eigenvalue weighted by Gasteiger charge is -2.22. The zero-order valence-corrected chi connectivity index (χ0v) is 63.1. The van der Waals surface area contributed by atoms with Gasteiger partial charge in [-0.15, -0.1) is 0 Å². The van der Waals surface area contributed by atoms with Crippen LogP contribution in [0, 0.1) is 0 Å². The molecule has 2 unspecified atom stereocenters. The van der Waals surface area contributed by atoms with E-state index in [1.807, 2.05) is 0 Å². The van der Waals surface area contributed by atoms with Crippen LogP contribution in [0.3, 0.4) is 0 Å². The topological polar surface area (TPSA) is 95.9 Å². The van der Waals surface area contributed by atoms with E-state index in [9.17, 15) is 19.8 Å². The minimum absolute atomic E-state index is 0.0251. The number of carbonyl (C=O) groups excluding carboxylic acids is 2. The molecule has 1 amide bonds. The number of amides is 1. The van der Waals surface area contributed by atoms with Gasteiger partial charge in [0.05, 0.1) is 25.4 Å². The highest BCUT2D eigenvalue weighted by Gasteiger charge is 2.20. The van der Waals surface area contributed by atoms with Gasteiger partial charge < -0.3 is 20.3 Å². The van der Waals surface area contributed by atoms with E-state index in [0.29, 0.717) is 25.9 Å². The van der Waals surface area contributed by atoms with Gasteiger partial charge in [-0.25, -0.2) is 0 Å². The molecule has 0 spiro atoms. The van der Waals surface area contributed by atoms with E-state index >= 15 is 0 Å². The van der Waals surface area contributed by atoms with Crippen LogP contribution in [0.2, 0.25) is 0 Å². The summed E-state index contributed by atoms with van der Waals surface area (Å²) in [6.45, 7) is 5.02. The van der Waals surface area contributed by atoms with Crippen molar-refractivity contribution in [3.8, 4) is 0 Å². The Hall–Kier alpha value is -1.40. The first kappa shape index (κ1) is 90.6. The van der Waals surface area contributed by atoms with Crippen molar-refractivity contribution in [1.82, 2.24) is 5.32 Å². The molecule has 0 aliphatic rings. The highest BCUT2D eigenvalue weighted by atomic mass is 16.5. The number of aliphatic hydroxyl groups excluding tert-OH is 2. The molecule has 3 N–H and O–H groups in total. The first-order chi connectivity index (χ1) is 45.5. The van der Waals surface area contributed by atoms with Crippen molar-refractivity contribution in [2.24, 2.45) is 0 Å². The van der Waals surface area contributed by atoms with E-state index in [1.54, 1.807) is 0 Å². The zero-order valence-electron chi connectivity index (χ0n) is 63.1. The molecule has 0 fully saturated rings. The Kier molecular flexibility index (Phi) is 80.8. The van der Waals surface area contributed by atoms with Crippen LogP contribution < -0.4 is 5.32 Å². The lowest BCUT2D eigenvalue weighted by atomic mass is 10.0. The Morgan fingerprint density at radius 2 is 0.511 bits per heavy atom. The summed E-state index contributed by atoms with van der Waals surface area (Å²) in [4.78, 5) is 24.7. The summed E-state index contributed by atoms with van der Waals surface area (Å²) in [5.41, 5.74) is 0. The van der Waals surface area contributed by atoms with Crippen molar-refractivity contribution in [3.05, 3.63) is 12.2 Å². The Labute approximate surface area is 578 Å². The minimum Gasteiger partial charge on any atom is -0.466 e. The average molecular weight is 1300 g/mol. The molecule has 0 aromatic rings. The predicted molar refractivity (Wildman–Crippen MR) is 407 cm³/mol. The maximum absolute atomic E-state index is 12.6. The molecule has 0 bridgehead atoms. The number of aliphatic hydroxyl groups is 2. The maximum atomic E-state index is 12.6. The highest BCUT2D eigenvalue weighted by molar-refractivity contribution is 5.76. The van der Waals surface area contributed by atoms with Crippen molar-refractivity contribution in [2.75, 3.05) is 13.2 Å². The SMILES string of the molecule is CCCCCCCCCCCCCCCCCCCCCC(O)C(CO)NC(=O)CCCCCCCCCCCCCCCCCCC/C=C\CCCCCCCCCCCCCCCCCCCCOC(=O)CCCCCCCCCCCCCCCCCCC. The number of nitrogens with one attached hydrogen (secondary N) is 1. The van der Waals surface area contributed by atoms with Crippen LogP contribution >= 0.6 is 0 Å². The summed E-state index contributed by atoms with van der Waals surface area (Å²) in [6.07, 6.45) is 105. The molecule has 0 aliphatic carbocycles. The van der Waals surface area contributed by atoms with Crippen molar-refractivity contribution in [2.45, 2.75) is 514 Å². The lowest BCUT2D eigenvalue weighted by Crippen LogP contribution is -2.45. The number of hydrogen-bond acceptors (Lipinski definition) is 5. The fourth-order valence-electron chi connectivity index (χ4n) is 14.1. The summed E-state index contributed by atoms with van der Waals surface area (Å²) in [5, 5.41) is 23.4.